The maximum Gasteiger partial charge on any atom is 0.419 e. The van der Waals surface area contributed by atoms with E-state index >= 15 is 0 Å². The summed E-state index contributed by atoms with van der Waals surface area (Å²) >= 11 is 0. The Labute approximate surface area is 190 Å². The smallest absolute Gasteiger partial charge is 0.276 e. The van der Waals surface area contributed by atoms with Crippen LogP contribution in [-0.4, -0.2) is 23.9 Å². The van der Waals surface area contributed by atoms with Gasteiger partial charge in [0.2, 0.25) is 0 Å². The fourth-order valence-electron chi connectivity index (χ4n) is 3.89. The number of aromatic nitrogens is 5. The van der Waals surface area contributed by atoms with Gasteiger partial charge < -0.3 is 0 Å². The molecule has 178 valence electrons. The number of rotatable bonds is 5. The third-order valence-electron chi connectivity index (χ3n) is 5.43. The molecule has 0 aliphatic carbocycles. The number of hydrogen-bond acceptors (Lipinski definition) is 4. The summed E-state index contributed by atoms with van der Waals surface area (Å²) in [6.45, 7) is 3.65. The SMILES string of the molecule is CC(C)Cn1c(=O)n(C)c(=O)c2c(-c3ccncc3)n(Cc3cccc(C(F)(F)F)c3F)nc21. The zero-order valence-electron chi connectivity index (χ0n) is 18.6. The van der Waals surface area contributed by atoms with Crippen molar-refractivity contribution in [2.24, 2.45) is 13.0 Å². The van der Waals surface area contributed by atoms with Crippen molar-refractivity contribution < 1.29 is 17.6 Å². The Balaban J connectivity index is 2.04. The minimum Gasteiger partial charge on any atom is -0.276 e. The molecule has 0 saturated heterocycles. The summed E-state index contributed by atoms with van der Waals surface area (Å²) in [5.74, 6) is -1.38. The van der Waals surface area contributed by atoms with Gasteiger partial charge in [0.25, 0.3) is 5.56 Å². The monoisotopic (exact) mass is 475 g/mol. The van der Waals surface area contributed by atoms with Gasteiger partial charge in [-0.3, -0.25) is 23.6 Å². The van der Waals surface area contributed by atoms with Crippen LogP contribution in [-0.2, 0) is 26.3 Å². The number of pyridine rings is 1. The van der Waals surface area contributed by atoms with E-state index in [2.05, 4.69) is 10.1 Å². The summed E-state index contributed by atoms with van der Waals surface area (Å²) in [5.41, 5.74) is -1.98. The lowest BCUT2D eigenvalue weighted by molar-refractivity contribution is -0.140. The van der Waals surface area contributed by atoms with E-state index in [0.29, 0.717) is 11.6 Å². The van der Waals surface area contributed by atoms with Crippen LogP contribution in [0, 0.1) is 11.7 Å². The largest absolute Gasteiger partial charge is 0.419 e. The molecule has 0 aliphatic rings. The summed E-state index contributed by atoms with van der Waals surface area (Å²) in [7, 11) is 1.35. The molecule has 11 heteroatoms. The average molecular weight is 475 g/mol. The summed E-state index contributed by atoms with van der Waals surface area (Å²) in [6, 6.07) is 6.22. The van der Waals surface area contributed by atoms with Crippen molar-refractivity contribution in [1.29, 1.82) is 0 Å². The summed E-state index contributed by atoms with van der Waals surface area (Å²) < 4.78 is 58.1. The van der Waals surface area contributed by atoms with Gasteiger partial charge in [-0.2, -0.15) is 18.3 Å². The number of nitrogens with zero attached hydrogens (tertiary/aromatic N) is 5. The molecule has 0 atom stereocenters. The normalized spacial score (nSPS) is 12.1. The molecule has 7 nitrogen and oxygen atoms in total. The Morgan fingerprint density at radius 1 is 1.06 bits per heavy atom. The van der Waals surface area contributed by atoms with Gasteiger partial charge in [-0.05, 0) is 24.1 Å². The second-order valence-electron chi connectivity index (χ2n) is 8.37. The second-order valence-corrected chi connectivity index (χ2v) is 8.37. The predicted octanol–water partition coefficient (Wildman–Crippen LogP) is 3.82. The minimum absolute atomic E-state index is 0.0360. The highest BCUT2D eigenvalue weighted by Crippen LogP contribution is 2.33. The first kappa shape index (κ1) is 23.4. The van der Waals surface area contributed by atoms with Crippen molar-refractivity contribution in [3.63, 3.8) is 0 Å². The van der Waals surface area contributed by atoms with Crippen molar-refractivity contribution in [3.8, 4) is 11.3 Å². The molecule has 0 bridgehead atoms. The molecule has 4 rings (SSSR count). The number of hydrogen-bond donors (Lipinski definition) is 0. The van der Waals surface area contributed by atoms with E-state index in [0.717, 1.165) is 10.6 Å². The Hall–Kier alpha value is -3.76. The van der Waals surface area contributed by atoms with Gasteiger partial charge >= 0.3 is 11.9 Å². The van der Waals surface area contributed by atoms with Gasteiger partial charge in [-0.25, -0.2) is 9.18 Å². The number of alkyl halides is 3. The minimum atomic E-state index is -4.86. The van der Waals surface area contributed by atoms with E-state index in [1.165, 1.54) is 34.8 Å². The van der Waals surface area contributed by atoms with Gasteiger partial charge in [-0.1, -0.05) is 26.0 Å². The van der Waals surface area contributed by atoms with Crippen LogP contribution in [0.15, 0.2) is 52.3 Å². The van der Waals surface area contributed by atoms with Gasteiger partial charge in [0, 0.05) is 37.1 Å². The first-order valence-corrected chi connectivity index (χ1v) is 10.5. The van der Waals surface area contributed by atoms with Gasteiger partial charge in [0.15, 0.2) is 5.65 Å². The molecule has 0 aliphatic heterocycles. The first-order valence-electron chi connectivity index (χ1n) is 10.5. The standard InChI is InChI=1S/C23H21F4N5O2/c1-13(2)11-31-20-17(21(33)30(3)22(31)34)19(14-7-9-28-10-8-14)32(29-20)12-15-5-4-6-16(18(15)24)23(25,26)27/h4-10,13H,11-12H2,1-3H3. The molecular formula is C23H21F4N5O2. The van der Waals surface area contributed by atoms with E-state index < -0.39 is 28.8 Å². The van der Waals surface area contributed by atoms with Crippen molar-refractivity contribution in [3.05, 3.63) is 80.5 Å². The van der Waals surface area contributed by atoms with Crippen LogP contribution in [0.1, 0.15) is 25.0 Å². The van der Waals surface area contributed by atoms with Crippen LogP contribution in [0.5, 0.6) is 0 Å². The lowest BCUT2D eigenvalue weighted by Gasteiger charge is -2.13. The molecule has 0 saturated carbocycles. The molecule has 4 aromatic rings. The maximum absolute atomic E-state index is 14.8. The Bertz CT molecular complexity index is 1480. The van der Waals surface area contributed by atoms with Crippen LogP contribution in [0.4, 0.5) is 17.6 Å². The van der Waals surface area contributed by atoms with E-state index in [1.807, 2.05) is 13.8 Å². The van der Waals surface area contributed by atoms with Crippen LogP contribution >= 0.6 is 0 Å². The third-order valence-corrected chi connectivity index (χ3v) is 5.43. The summed E-state index contributed by atoms with van der Waals surface area (Å²) in [4.78, 5) is 30.0. The number of fused-ring (bicyclic) bond motifs is 1. The van der Waals surface area contributed by atoms with Crippen molar-refractivity contribution in [2.45, 2.75) is 33.1 Å². The fourth-order valence-corrected chi connectivity index (χ4v) is 3.89. The molecule has 0 N–H and O–H groups in total. The third kappa shape index (κ3) is 4.02. The van der Waals surface area contributed by atoms with Crippen LogP contribution in [0.25, 0.3) is 22.3 Å². The quantitative estimate of drug-likeness (QED) is 0.412. The van der Waals surface area contributed by atoms with E-state index in [1.54, 1.807) is 12.1 Å². The van der Waals surface area contributed by atoms with E-state index in [4.69, 9.17) is 0 Å². The highest BCUT2D eigenvalue weighted by atomic mass is 19.4. The van der Waals surface area contributed by atoms with E-state index in [-0.39, 0.29) is 41.3 Å². The van der Waals surface area contributed by atoms with E-state index in [9.17, 15) is 27.2 Å². The molecule has 3 aromatic heterocycles. The second kappa shape index (κ2) is 8.54. The molecule has 0 amide bonds. The molecule has 34 heavy (non-hydrogen) atoms. The number of benzene rings is 1. The molecule has 0 unspecified atom stereocenters. The van der Waals surface area contributed by atoms with Crippen LogP contribution < -0.4 is 11.2 Å². The lowest BCUT2D eigenvalue weighted by atomic mass is 10.1. The Kier molecular flexibility index (Phi) is 5.88. The average Bonchev–Trinajstić information content (AvgIpc) is 3.15. The highest BCUT2D eigenvalue weighted by Gasteiger charge is 2.35. The van der Waals surface area contributed by atoms with Crippen LogP contribution in [0.3, 0.4) is 0 Å². The predicted molar refractivity (Wildman–Crippen MR) is 118 cm³/mol. The topological polar surface area (TPSA) is 74.7 Å². The van der Waals surface area contributed by atoms with Crippen molar-refractivity contribution >= 4 is 11.0 Å². The zero-order valence-corrected chi connectivity index (χ0v) is 18.6. The molecule has 0 spiro atoms. The Morgan fingerprint density at radius 2 is 1.74 bits per heavy atom. The lowest BCUT2D eigenvalue weighted by Crippen LogP contribution is -2.38. The molecular weight excluding hydrogens is 454 g/mol. The highest BCUT2D eigenvalue weighted by molar-refractivity contribution is 5.90. The maximum atomic E-state index is 14.8. The first-order chi connectivity index (χ1) is 16.0. The Morgan fingerprint density at radius 3 is 2.35 bits per heavy atom. The molecule has 0 fully saturated rings. The fraction of sp³-hybridized carbons (Fsp3) is 0.304. The number of halogens is 4. The van der Waals surface area contributed by atoms with Gasteiger partial charge in [0.1, 0.15) is 11.2 Å². The molecule has 1 aromatic carbocycles. The molecule has 3 heterocycles. The van der Waals surface area contributed by atoms with Crippen LogP contribution in [0.2, 0.25) is 0 Å². The summed E-state index contributed by atoms with van der Waals surface area (Å²) in [6.07, 6.45) is -1.90. The van der Waals surface area contributed by atoms with Crippen molar-refractivity contribution in [1.82, 2.24) is 23.9 Å². The van der Waals surface area contributed by atoms with Gasteiger partial charge in [-0.15, -0.1) is 0 Å². The zero-order chi connectivity index (χ0) is 24.8. The van der Waals surface area contributed by atoms with Crippen molar-refractivity contribution in [2.75, 3.05) is 0 Å². The van der Waals surface area contributed by atoms with Gasteiger partial charge in [0.05, 0.1) is 17.8 Å². The molecule has 0 radical (unpaired) electrons. The summed E-state index contributed by atoms with van der Waals surface area (Å²) in [5, 5.41) is 4.54.